The van der Waals surface area contributed by atoms with Crippen molar-refractivity contribution < 1.29 is 9.52 Å². The molecular formula is C13H13N3O2. The van der Waals surface area contributed by atoms with Crippen LogP contribution in [-0.2, 0) is 0 Å². The normalized spacial score (nSPS) is 10.1. The second-order valence-corrected chi connectivity index (χ2v) is 3.97. The first kappa shape index (κ1) is 12.0. The molecule has 92 valence electrons. The highest BCUT2D eigenvalue weighted by atomic mass is 16.5. The molecule has 2 rings (SSSR count). The minimum absolute atomic E-state index is 0.0556. The van der Waals surface area contributed by atoms with Gasteiger partial charge >= 0.3 is 5.91 Å². The van der Waals surface area contributed by atoms with Crippen LogP contribution < -0.4 is 10.0 Å². The van der Waals surface area contributed by atoms with E-state index in [1.807, 2.05) is 13.0 Å². The topological polar surface area (TPSA) is 68.9 Å². The highest BCUT2D eigenvalue weighted by Crippen LogP contribution is 2.10. The number of anilines is 1. The fourth-order valence-corrected chi connectivity index (χ4v) is 1.56. The van der Waals surface area contributed by atoms with Crippen LogP contribution in [0.15, 0.2) is 36.5 Å². The summed E-state index contributed by atoms with van der Waals surface area (Å²) in [4.78, 5) is 16.0. The number of carbonyl (C=O) groups excluding carboxylic acids is 1. The lowest BCUT2D eigenvalue weighted by atomic mass is 10.2. The van der Waals surface area contributed by atoms with Gasteiger partial charge in [-0.3, -0.25) is 4.79 Å². The SMILES string of the molecule is Cc1cccnc1NC(=O)c1cccc(C)[n+]1[O-]. The second kappa shape index (κ2) is 4.83. The zero-order chi connectivity index (χ0) is 13.1. The molecule has 2 aromatic rings. The van der Waals surface area contributed by atoms with E-state index in [0.717, 1.165) is 5.56 Å². The van der Waals surface area contributed by atoms with E-state index >= 15 is 0 Å². The van der Waals surface area contributed by atoms with Crippen LogP contribution in [0.1, 0.15) is 21.7 Å². The van der Waals surface area contributed by atoms with Crippen molar-refractivity contribution in [2.24, 2.45) is 0 Å². The van der Waals surface area contributed by atoms with Crippen molar-refractivity contribution in [1.82, 2.24) is 4.98 Å². The highest BCUT2D eigenvalue weighted by Gasteiger charge is 2.18. The average Bonchev–Trinajstić information content (AvgIpc) is 2.35. The Morgan fingerprint density at radius 3 is 2.78 bits per heavy atom. The second-order valence-electron chi connectivity index (χ2n) is 3.97. The minimum atomic E-state index is -0.462. The summed E-state index contributed by atoms with van der Waals surface area (Å²) in [5.41, 5.74) is 1.37. The molecule has 0 spiro atoms. The molecule has 1 N–H and O–H groups in total. The van der Waals surface area contributed by atoms with E-state index in [0.29, 0.717) is 16.2 Å². The van der Waals surface area contributed by atoms with Gasteiger partial charge in [0.05, 0.1) is 0 Å². The molecule has 0 saturated heterocycles. The number of hydrogen-bond acceptors (Lipinski definition) is 3. The molecule has 0 bridgehead atoms. The Morgan fingerprint density at radius 1 is 1.28 bits per heavy atom. The van der Waals surface area contributed by atoms with Crippen LogP contribution in [0.25, 0.3) is 0 Å². The maximum absolute atomic E-state index is 12.0. The van der Waals surface area contributed by atoms with Crippen molar-refractivity contribution >= 4 is 11.7 Å². The molecule has 0 aromatic carbocycles. The number of carbonyl (C=O) groups is 1. The van der Waals surface area contributed by atoms with Gasteiger partial charge in [-0.25, -0.2) is 4.98 Å². The summed E-state index contributed by atoms with van der Waals surface area (Å²) in [5, 5.41) is 14.3. The number of nitrogens with zero attached hydrogens (tertiary/aromatic N) is 2. The van der Waals surface area contributed by atoms with Crippen molar-refractivity contribution in [3.8, 4) is 0 Å². The van der Waals surface area contributed by atoms with Crippen LogP contribution in [0.4, 0.5) is 5.82 Å². The largest absolute Gasteiger partial charge is 0.618 e. The van der Waals surface area contributed by atoms with E-state index in [9.17, 15) is 10.0 Å². The summed E-state index contributed by atoms with van der Waals surface area (Å²) in [5.74, 6) is -0.000457. The molecule has 5 heteroatoms. The molecule has 0 atom stereocenters. The Balaban J connectivity index is 2.28. The fourth-order valence-electron chi connectivity index (χ4n) is 1.56. The van der Waals surface area contributed by atoms with Crippen molar-refractivity contribution in [2.45, 2.75) is 13.8 Å². The number of nitrogens with one attached hydrogen (secondary N) is 1. The van der Waals surface area contributed by atoms with Crippen molar-refractivity contribution in [3.05, 3.63) is 58.7 Å². The maximum Gasteiger partial charge on any atom is 0.322 e. The Labute approximate surface area is 105 Å². The molecule has 0 aliphatic rings. The quantitative estimate of drug-likeness (QED) is 0.643. The summed E-state index contributed by atoms with van der Waals surface area (Å²) in [6.07, 6.45) is 1.59. The van der Waals surface area contributed by atoms with E-state index in [4.69, 9.17) is 0 Å². The molecule has 0 radical (unpaired) electrons. The molecule has 0 saturated carbocycles. The Bertz CT molecular complexity index is 597. The summed E-state index contributed by atoms with van der Waals surface area (Å²) in [7, 11) is 0. The Kier molecular flexibility index (Phi) is 3.23. The number of amides is 1. The summed E-state index contributed by atoms with van der Waals surface area (Å²) >= 11 is 0. The van der Waals surface area contributed by atoms with Gasteiger partial charge in [0, 0.05) is 25.3 Å². The summed E-state index contributed by atoms with van der Waals surface area (Å²) < 4.78 is 0.605. The summed E-state index contributed by atoms with van der Waals surface area (Å²) in [6, 6.07) is 8.42. The zero-order valence-electron chi connectivity index (χ0n) is 10.2. The van der Waals surface area contributed by atoms with E-state index in [1.165, 1.54) is 6.07 Å². The molecule has 0 fully saturated rings. The zero-order valence-corrected chi connectivity index (χ0v) is 10.2. The van der Waals surface area contributed by atoms with Crippen molar-refractivity contribution in [1.29, 1.82) is 0 Å². The monoisotopic (exact) mass is 243 g/mol. The Hall–Kier alpha value is -2.43. The third-order valence-electron chi connectivity index (χ3n) is 2.60. The average molecular weight is 243 g/mol. The van der Waals surface area contributed by atoms with Crippen LogP contribution in [0.5, 0.6) is 0 Å². The van der Waals surface area contributed by atoms with Crippen molar-refractivity contribution in [3.63, 3.8) is 0 Å². The molecule has 2 heterocycles. The predicted molar refractivity (Wildman–Crippen MR) is 67.1 cm³/mol. The van der Waals surface area contributed by atoms with E-state index in [1.54, 1.807) is 31.3 Å². The first-order valence-corrected chi connectivity index (χ1v) is 5.52. The third kappa shape index (κ3) is 2.29. The van der Waals surface area contributed by atoms with Crippen LogP contribution >= 0.6 is 0 Å². The lowest BCUT2D eigenvalue weighted by Gasteiger charge is -2.08. The van der Waals surface area contributed by atoms with Gasteiger partial charge in [0.25, 0.3) is 5.69 Å². The minimum Gasteiger partial charge on any atom is -0.618 e. The number of hydrogen-bond donors (Lipinski definition) is 1. The van der Waals surface area contributed by atoms with Gasteiger partial charge in [0.1, 0.15) is 5.82 Å². The molecule has 5 nitrogen and oxygen atoms in total. The van der Waals surface area contributed by atoms with Gasteiger partial charge in [-0.05, 0) is 24.6 Å². The smallest absolute Gasteiger partial charge is 0.322 e. The molecule has 0 unspecified atom stereocenters. The van der Waals surface area contributed by atoms with Gasteiger partial charge in [0.15, 0.2) is 5.69 Å². The van der Waals surface area contributed by atoms with Gasteiger partial charge in [-0.15, -0.1) is 0 Å². The number of rotatable bonds is 2. The van der Waals surface area contributed by atoms with Gasteiger partial charge in [0.2, 0.25) is 0 Å². The van der Waals surface area contributed by atoms with E-state index in [2.05, 4.69) is 10.3 Å². The maximum atomic E-state index is 12.0. The van der Waals surface area contributed by atoms with Crippen LogP contribution in [0, 0.1) is 19.1 Å². The first-order valence-electron chi connectivity index (χ1n) is 5.52. The highest BCUT2D eigenvalue weighted by molar-refractivity contribution is 6.01. The number of aromatic nitrogens is 2. The molecule has 0 aliphatic carbocycles. The van der Waals surface area contributed by atoms with Crippen molar-refractivity contribution in [2.75, 3.05) is 5.32 Å². The van der Waals surface area contributed by atoms with E-state index in [-0.39, 0.29) is 5.69 Å². The Morgan fingerprint density at radius 2 is 2.06 bits per heavy atom. The van der Waals surface area contributed by atoms with E-state index < -0.39 is 5.91 Å². The predicted octanol–water partition coefficient (Wildman–Crippen LogP) is 1.58. The molecule has 1 amide bonds. The number of pyridine rings is 2. The lowest BCUT2D eigenvalue weighted by Crippen LogP contribution is -2.39. The molecule has 2 aromatic heterocycles. The third-order valence-corrected chi connectivity index (χ3v) is 2.60. The summed E-state index contributed by atoms with van der Waals surface area (Å²) in [6.45, 7) is 3.49. The van der Waals surface area contributed by atoms with Crippen LogP contribution in [-0.4, -0.2) is 10.9 Å². The fraction of sp³-hybridized carbons (Fsp3) is 0.154. The van der Waals surface area contributed by atoms with Gasteiger partial charge < -0.3 is 10.5 Å². The standard InChI is InChI=1S/C13H13N3O2/c1-9-5-4-8-14-12(9)15-13(17)11-7-3-6-10(2)16(11)18/h3-8H,1-2H3,(H,14,15,17). The first-order chi connectivity index (χ1) is 8.59. The molecule has 0 aliphatic heterocycles. The lowest BCUT2D eigenvalue weighted by molar-refractivity contribution is -0.614. The van der Waals surface area contributed by atoms with Crippen LogP contribution in [0.3, 0.4) is 0 Å². The van der Waals surface area contributed by atoms with Gasteiger partial charge in [-0.2, -0.15) is 4.73 Å². The molecule has 18 heavy (non-hydrogen) atoms. The number of aryl methyl sites for hydroxylation is 2. The molecular weight excluding hydrogens is 230 g/mol. The van der Waals surface area contributed by atoms with Crippen LogP contribution in [0.2, 0.25) is 0 Å². The van der Waals surface area contributed by atoms with Gasteiger partial charge in [-0.1, -0.05) is 6.07 Å².